The summed E-state index contributed by atoms with van der Waals surface area (Å²) in [7, 11) is 3.87. The molecule has 31 heavy (non-hydrogen) atoms. The van der Waals surface area contributed by atoms with Crippen molar-refractivity contribution in [3.05, 3.63) is 58.9 Å². The van der Waals surface area contributed by atoms with Crippen LogP contribution in [0.15, 0.2) is 42.5 Å². The number of hydrogen-bond donors (Lipinski definition) is 0. The highest BCUT2D eigenvalue weighted by Crippen LogP contribution is 2.34. The highest BCUT2D eigenvalue weighted by atomic mass is 35.5. The molecule has 0 radical (unpaired) electrons. The molecule has 166 valence electrons. The molecule has 2 aliphatic rings. The van der Waals surface area contributed by atoms with Crippen LogP contribution >= 0.6 is 11.6 Å². The van der Waals surface area contributed by atoms with Gasteiger partial charge in [0, 0.05) is 45.1 Å². The topological polar surface area (TPSA) is 36.0 Å². The first-order valence-corrected chi connectivity index (χ1v) is 10.7. The van der Waals surface area contributed by atoms with Crippen molar-refractivity contribution >= 4 is 23.2 Å². The van der Waals surface area contributed by atoms with Gasteiger partial charge in [0.1, 0.15) is 17.2 Å². The maximum Gasteiger partial charge on any atom is 0.253 e. The molecule has 0 N–H and O–H groups in total. The van der Waals surface area contributed by atoms with E-state index in [0.717, 1.165) is 11.4 Å². The van der Waals surface area contributed by atoms with Crippen molar-refractivity contribution in [1.29, 1.82) is 0 Å². The molecule has 1 amide bonds. The number of ether oxygens (including phenoxy) is 1. The maximum atomic E-state index is 15.6. The van der Waals surface area contributed by atoms with E-state index in [1.165, 1.54) is 18.2 Å². The quantitative estimate of drug-likeness (QED) is 0.700. The Balaban J connectivity index is 1.35. The number of nitrogens with zero attached hydrogens (tertiary/aromatic N) is 3. The zero-order valence-electron chi connectivity index (χ0n) is 17.7. The Bertz CT molecular complexity index is 966. The number of piperidine rings is 1. The number of para-hydroxylation sites is 2. The molecular weight excluding hydrogens is 424 g/mol. The second-order valence-corrected chi connectivity index (χ2v) is 8.82. The Hall–Kier alpha value is -2.38. The van der Waals surface area contributed by atoms with E-state index in [2.05, 4.69) is 4.90 Å². The lowest BCUT2D eigenvalue weighted by Gasteiger charge is -2.42. The molecule has 4 rings (SSSR count). The lowest BCUT2D eigenvalue weighted by atomic mass is 9.92. The van der Waals surface area contributed by atoms with Gasteiger partial charge in [-0.3, -0.25) is 9.69 Å². The van der Waals surface area contributed by atoms with E-state index >= 15 is 4.39 Å². The van der Waals surface area contributed by atoms with Gasteiger partial charge in [-0.2, -0.15) is 0 Å². The molecule has 0 bridgehead atoms. The van der Waals surface area contributed by atoms with Crippen molar-refractivity contribution in [2.45, 2.75) is 24.7 Å². The monoisotopic (exact) mass is 449 g/mol. The Morgan fingerprint density at radius 3 is 2.68 bits per heavy atom. The van der Waals surface area contributed by atoms with Crippen LogP contribution in [0.4, 0.5) is 14.5 Å². The molecule has 8 heteroatoms. The van der Waals surface area contributed by atoms with Crippen LogP contribution in [-0.2, 0) is 0 Å². The number of carbonyl (C=O) groups excluding carboxylic acids is 1. The van der Waals surface area contributed by atoms with Crippen LogP contribution in [0.3, 0.4) is 0 Å². The molecule has 5 nitrogen and oxygen atoms in total. The average molecular weight is 450 g/mol. The van der Waals surface area contributed by atoms with E-state index in [9.17, 15) is 9.18 Å². The first kappa shape index (κ1) is 21.8. The highest BCUT2D eigenvalue weighted by molar-refractivity contribution is 6.31. The largest absolute Gasteiger partial charge is 0.471 e. The number of alkyl halides is 1. The molecule has 2 aromatic carbocycles. The molecule has 1 saturated heterocycles. The fraction of sp³-hybridized carbons (Fsp3) is 0.435. The van der Waals surface area contributed by atoms with Crippen LogP contribution in [-0.4, -0.2) is 67.9 Å². The Labute approximate surface area is 186 Å². The minimum absolute atomic E-state index is 0.0941. The van der Waals surface area contributed by atoms with Crippen LogP contribution in [0.25, 0.3) is 0 Å². The van der Waals surface area contributed by atoms with Gasteiger partial charge in [0.15, 0.2) is 6.23 Å². The van der Waals surface area contributed by atoms with Crippen molar-refractivity contribution in [1.82, 2.24) is 9.80 Å². The number of likely N-dealkylation sites (N-methyl/N-ethyl adjacent to an activating group) is 2. The smallest absolute Gasteiger partial charge is 0.253 e. The van der Waals surface area contributed by atoms with Crippen molar-refractivity contribution in [3.63, 3.8) is 0 Å². The standard InChI is InChI=1S/C23H26ClF2N3O2/c1-27-14-21(31-20-6-4-3-5-19(20)27)28(2)15-23(26)9-11-29(12-10-23)22(30)16-7-8-18(25)17(24)13-16/h3-8,13,21H,9-12,14-15H2,1-2H3. The normalized spacial score (nSPS) is 20.4. The van der Waals surface area contributed by atoms with Gasteiger partial charge in [0.05, 0.1) is 17.3 Å². The summed E-state index contributed by atoms with van der Waals surface area (Å²) in [5, 5.41) is -0.0941. The van der Waals surface area contributed by atoms with E-state index in [0.29, 0.717) is 25.2 Å². The Morgan fingerprint density at radius 2 is 1.97 bits per heavy atom. The molecule has 1 fully saturated rings. The first-order valence-electron chi connectivity index (χ1n) is 10.4. The van der Waals surface area contributed by atoms with E-state index < -0.39 is 11.5 Å². The van der Waals surface area contributed by atoms with Crippen LogP contribution in [0.2, 0.25) is 5.02 Å². The molecule has 0 aliphatic carbocycles. The fourth-order valence-corrected chi connectivity index (χ4v) is 4.43. The second kappa shape index (κ2) is 8.63. The minimum Gasteiger partial charge on any atom is -0.471 e. The van der Waals surface area contributed by atoms with Gasteiger partial charge in [-0.05, 0) is 37.4 Å². The van der Waals surface area contributed by atoms with Gasteiger partial charge in [-0.1, -0.05) is 23.7 Å². The van der Waals surface area contributed by atoms with Crippen molar-refractivity contribution in [2.24, 2.45) is 0 Å². The summed E-state index contributed by atoms with van der Waals surface area (Å²) >= 11 is 5.79. The van der Waals surface area contributed by atoms with Crippen LogP contribution in [0.1, 0.15) is 23.2 Å². The molecule has 0 spiro atoms. The average Bonchev–Trinajstić information content (AvgIpc) is 2.75. The predicted molar refractivity (Wildman–Crippen MR) is 117 cm³/mol. The number of halogens is 3. The maximum absolute atomic E-state index is 15.6. The summed E-state index contributed by atoms with van der Waals surface area (Å²) in [6.45, 7) is 1.45. The minimum atomic E-state index is -1.41. The second-order valence-electron chi connectivity index (χ2n) is 8.41. The molecule has 2 aromatic rings. The van der Waals surface area contributed by atoms with Gasteiger partial charge >= 0.3 is 0 Å². The van der Waals surface area contributed by atoms with Gasteiger partial charge in [0.25, 0.3) is 5.91 Å². The number of hydrogen-bond acceptors (Lipinski definition) is 4. The molecular formula is C23H26ClF2N3O2. The van der Waals surface area contributed by atoms with E-state index in [1.54, 1.807) is 4.90 Å². The molecule has 0 aromatic heterocycles. The zero-order valence-corrected chi connectivity index (χ0v) is 18.4. The predicted octanol–water partition coefficient (Wildman–Crippen LogP) is 4.21. The van der Waals surface area contributed by atoms with Gasteiger partial charge in [-0.15, -0.1) is 0 Å². The molecule has 2 aliphatic heterocycles. The van der Waals surface area contributed by atoms with Crippen LogP contribution in [0.5, 0.6) is 5.75 Å². The fourth-order valence-electron chi connectivity index (χ4n) is 4.25. The van der Waals surface area contributed by atoms with E-state index in [1.807, 2.05) is 43.3 Å². The SMILES string of the molecule is CN1CC(N(C)CC2(F)CCN(C(=O)c3ccc(F)c(Cl)c3)CC2)Oc2ccccc21. The lowest BCUT2D eigenvalue weighted by Crippen LogP contribution is -2.54. The third kappa shape index (κ3) is 4.62. The number of anilines is 1. The van der Waals surface area contributed by atoms with Crippen LogP contribution in [0, 0.1) is 5.82 Å². The van der Waals surface area contributed by atoms with Gasteiger partial charge < -0.3 is 14.5 Å². The number of carbonyl (C=O) groups is 1. The summed E-state index contributed by atoms with van der Waals surface area (Å²) in [6, 6.07) is 11.7. The number of rotatable bonds is 4. The number of benzene rings is 2. The summed E-state index contributed by atoms with van der Waals surface area (Å²) < 4.78 is 35.1. The number of likely N-dealkylation sites (tertiary alicyclic amines) is 1. The summed E-state index contributed by atoms with van der Waals surface area (Å²) in [4.78, 5) is 18.3. The molecule has 1 unspecified atom stereocenters. The highest BCUT2D eigenvalue weighted by Gasteiger charge is 2.39. The van der Waals surface area contributed by atoms with E-state index in [-0.39, 0.29) is 36.5 Å². The van der Waals surface area contributed by atoms with Crippen molar-refractivity contribution in [3.8, 4) is 5.75 Å². The van der Waals surface area contributed by atoms with Gasteiger partial charge in [-0.25, -0.2) is 8.78 Å². The molecule has 0 saturated carbocycles. The lowest BCUT2D eigenvalue weighted by molar-refractivity contribution is -0.0217. The third-order valence-corrected chi connectivity index (χ3v) is 6.40. The molecule has 1 atom stereocenters. The third-order valence-electron chi connectivity index (χ3n) is 6.11. The van der Waals surface area contributed by atoms with Crippen LogP contribution < -0.4 is 9.64 Å². The first-order chi connectivity index (χ1) is 14.8. The summed E-state index contributed by atoms with van der Waals surface area (Å²) in [6.07, 6.45) is 0.211. The van der Waals surface area contributed by atoms with Crippen molar-refractivity contribution < 1.29 is 18.3 Å². The van der Waals surface area contributed by atoms with E-state index in [4.69, 9.17) is 16.3 Å². The van der Waals surface area contributed by atoms with Gasteiger partial charge in [0.2, 0.25) is 0 Å². The zero-order chi connectivity index (χ0) is 22.2. The molecule has 2 heterocycles. The summed E-state index contributed by atoms with van der Waals surface area (Å²) in [5.41, 5.74) is -0.0766. The number of amides is 1. The summed E-state index contributed by atoms with van der Waals surface area (Å²) in [5.74, 6) is -0.0357. The van der Waals surface area contributed by atoms with Crippen molar-refractivity contribution in [2.75, 3.05) is 45.2 Å². The Morgan fingerprint density at radius 1 is 1.26 bits per heavy atom. The Kier molecular flexibility index (Phi) is 6.08. The number of fused-ring (bicyclic) bond motifs is 1.